The van der Waals surface area contributed by atoms with E-state index in [4.69, 9.17) is 23.8 Å². The number of hydrogen-bond acceptors (Lipinski definition) is 2. The molecule has 0 aromatic heterocycles. The normalized spacial score (nSPS) is 16.3. The fourth-order valence-electron chi connectivity index (χ4n) is 2.23. The summed E-state index contributed by atoms with van der Waals surface area (Å²) in [7, 11) is 0. The van der Waals surface area contributed by atoms with Crippen LogP contribution in [-0.4, -0.2) is 11.0 Å². The van der Waals surface area contributed by atoms with E-state index in [0.29, 0.717) is 15.8 Å². The van der Waals surface area contributed by atoms with Gasteiger partial charge in [0.05, 0.1) is 5.69 Å². The van der Waals surface area contributed by atoms with Crippen molar-refractivity contribution in [3.8, 4) is 0 Å². The second kappa shape index (κ2) is 5.91. The minimum atomic E-state index is -0.172. The van der Waals surface area contributed by atoms with Crippen LogP contribution in [0.25, 0.3) is 6.08 Å². The molecule has 1 fully saturated rings. The second-order valence-electron chi connectivity index (χ2n) is 5.02. The van der Waals surface area contributed by atoms with Gasteiger partial charge in [-0.1, -0.05) is 41.4 Å². The molecule has 1 saturated heterocycles. The zero-order valence-electron chi connectivity index (χ0n) is 11.8. The van der Waals surface area contributed by atoms with Crippen LogP contribution in [0.1, 0.15) is 11.1 Å². The summed E-state index contributed by atoms with van der Waals surface area (Å²) in [4.78, 5) is 14.1. The Morgan fingerprint density at radius 2 is 1.91 bits per heavy atom. The topological polar surface area (TPSA) is 32.3 Å². The lowest BCUT2D eigenvalue weighted by molar-refractivity contribution is -0.113. The van der Waals surface area contributed by atoms with E-state index in [0.717, 1.165) is 16.8 Å². The predicted octanol–water partition coefficient (Wildman–Crippen LogP) is 3.91. The number of halogens is 1. The molecule has 2 aromatic rings. The molecule has 1 aliphatic rings. The van der Waals surface area contributed by atoms with Gasteiger partial charge in [0.15, 0.2) is 5.11 Å². The summed E-state index contributed by atoms with van der Waals surface area (Å²) in [6, 6.07) is 15.0. The van der Waals surface area contributed by atoms with Gasteiger partial charge in [0.2, 0.25) is 0 Å². The van der Waals surface area contributed by atoms with E-state index in [1.165, 1.54) is 4.90 Å². The highest BCUT2D eigenvalue weighted by atomic mass is 35.5. The van der Waals surface area contributed by atoms with Gasteiger partial charge in [0.25, 0.3) is 5.91 Å². The lowest BCUT2D eigenvalue weighted by Gasteiger charge is -2.13. The summed E-state index contributed by atoms with van der Waals surface area (Å²) in [5.74, 6) is -0.172. The zero-order valence-corrected chi connectivity index (χ0v) is 13.4. The average molecular weight is 329 g/mol. The minimum absolute atomic E-state index is 0.172. The first kappa shape index (κ1) is 14.8. The molecule has 2 aromatic carbocycles. The third-order valence-electron chi connectivity index (χ3n) is 3.33. The lowest BCUT2D eigenvalue weighted by atomic mass is 10.2. The van der Waals surface area contributed by atoms with Gasteiger partial charge in [-0.2, -0.15) is 0 Å². The van der Waals surface area contributed by atoms with E-state index in [2.05, 4.69) is 5.32 Å². The van der Waals surface area contributed by atoms with Crippen molar-refractivity contribution in [2.75, 3.05) is 4.90 Å². The van der Waals surface area contributed by atoms with E-state index in [-0.39, 0.29) is 5.91 Å². The molecule has 0 radical (unpaired) electrons. The molecule has 22 heavy (non-hydrogen) atoms. The Balaban J connectivity index is 1.93. The quantitative estimate of drug-likeness (QED) is 0.670. The fourth-order valence-corrected chi connectivity index (χ4v) is 2.72. The first-order chi connectivity index (χ1) is 10.5. The Kier molecular flexibility index (Phi) is 3.96. The monoisotopic (exact) mass is 328 g/mol. The third-order valence-corrected chi connectivity index (χ3v) is 3.85. The highest BCUT2D eigenvalue weighted by Gasteiger charge is 2.31. The number of nitrogens with zero attached hydrogens (tertiary/aromatic N) is 1. The van der Waals surface area contributed by atoms with Crippen molar-refractivity contribution in [2.24, 2.45) is 0 Å². The summed E-state index contributed by atoms with van der Waals surface area (Å²) in [6.07, 6.45) is 1.74. The molecule has 0 unspecified atom stereocenters. The molecule has 0 atom stereocenters. The van der Waals surface area contributed by atoms with Crippen LogP contribution in [0.3, 0.4) is 0 Å². The van der Waals surface area contributed by atoms with Crippen LogP contribution in [0.15, 0.2) is 54.2 Å². The second-order valence-corrected chi connectivity index (χ2v) is 5.84. The maximum absolute atomic E-state index is 12.6. The van der Waals surface area contributed by atoms with Crippen molar-refractivity contribution < 1.29 is 4.79 Å². The van der Waals surface area contributed by atoms with Crippen LogP contribution < -0.4 is 10.2 Å². The standard InChI is InChI=1S/C17H13ClN2OS/c1-11-5-7-14(8-6-11)20-16(21)15(19-17(20)22)10-12-3-2-4-13(18)9-12/h2-10H,1H3,(H,19,22)/b15-10-. The van der Waals surface area contributed by atoms with Crippen LogP contribution in [0, 0.1) is 6.92 Å². The van der Waals surface area contributed by atoms with E-state index in [1.807, 2.05) is 43.3 Å². The number of rotatable bonds is 2. The number of aryl methyl sites for hydroxylation is 1. The summed E-state index contributed by atoms with van der Waals surface area (Å²) < 4.78 is 0. The minimum Gasteiger partial charge on any atom is -0.327 e. The van der Waals surface area contributed by atoms with Gasteiger partial charge in [-0.3, -0.25) is 9.69 Å². The van der Waals surface area contributed by atoms with Crippen molar-refractivity contribution in [3.05, 3.63) is 70.4 Å². The third kappa shape index (κ3) is 2.89. The molecule has 0 aliphatic carbocycles. The zero-order chi connectivity index (χ0) is 15.7. The highest BCUT2D eigenvalue weighted by Crippen LogP contribution is 2.23. The maximum atomic E-state index is 12.6. The summed E-state index contributed by atoms with van der Waals surface area (Å²) >= 11 is 11.2. The molecule has 5 heteroatoms. The molecule has 0 bridgehead atoms. The largest absolute Gasteiger partial charge is 0.327 e. The van der Waals surface area contributed by atoms with Crippen molar-refractivity contribution >= 4 is 46.6 Å². The van der Waals surface area contributed by atoms with Gasteiger partial charge in [-0.25, -0.2) is 0 Å². The Hall–Kier alpha value is -2.17. The van der Waals surface area contributed by atoms with Gasteiger partial charge in [-0.15, -0.1) is 0 Å². The molecular weight excluding hydrogens is 316 g/mol. The van der Waals surface area contributed by atoms with Gasteiger partial charge >= 0.3 is 0 Å². The molecule has 3 rings (SSSR count). The number of carbonyl (C=O) groups excluding carboxylic acids is 1. The maximum Gasteiger partial charge on any atom is 0.281 e. The number of benzene rings is 2. The van der Waals surface area contributed by atoms with E-state index in [1.54, 1.807) is 18.2 Å². The number of nitrogens with one attached hydrogen (secondary N) is 1. The van der Waals surface area contributed by atoms with Crippen LogP contribution in [0.5, 0.6) is 0 Å². The molecule has 1 N–H and O–H groups in total. The van der Waals surface area contributed by atoms with Crippen molar-refractivity contribution in [2.45, 2.75) is 6.92 Å². The van der Waals surface area contributed by atoms with Crippen LogP contribution >= 0.6 is 23.8 Å². The molecule has 0 saturated carbocycles. The SMILES string of the molecule is Cc1ccc(N2C(=O)/C(=C/c3cccc(Cl)c3)NC2=S)cc1. The number of hydrogen-bond donors (Lipinski definition) is 1. The van der Waals surface area contributed by atoms with Gasteiger partial charge < -0.3 is 5.32 Å². The van der Waals surface area contributed by atoms with Gasteiger partial charge in [0.1, 0.15) is 5.70 Å². The number of amides is 1. The Morgan fingerprint density at radius 1 is 1.18 bits per heavy atom. The van der Waals surface area contributed by atoms with Crippen molar-refractivity contribution in [3.63, 3.8) is 0 Å². The molecule has 1 heterocycles. The molecule has 3 nitrogen and oxygen atoms in total. The van der Waals surface area contributed by atoms with Crippen LogP contribution in [-0.2, 0) is 4.79 Å². The molecule has 1 amide bonds. The summed E-state index contributed by atoms with van der Waals surface area (Å²) in [6.45, 7) is 2.00. The first-order valence-corrected chi connectivity index (χ1v) is 7.52. The first-order valence-electron chi connectivity index (χ1n) is 6.74. The summed E-state index contributed by atoms with van der Waals surface area (Å²) in [5, 5.41) is 3.96. The molecule has 110 valence electrons. The Morgan fingerprint density at radius 3 is 2.59 bits per heavy atom. The van der Waals surface area contributed by atoms with E-state index in [9.17, 15) is 4.79 Å². The fraction of sp³-hybridized carbons (Fsp3) is 0.0588. The highest BCUT2D eigenvalue weighted by molar-refractivity contribution is 7.80. The van der Waals surface area contributed by atoms with Crippen molar-refractivity contribution in [1.29, 1.82) is 0 Å². The van der Waals surface area contributed by atoms with Crippen molar-refractivity contribution in [1.82, 2.24) is 5.32 Å². The van der Waals surface area contributed by atoms with Crippen LogP contribution in [0.4, 0.5) is 5.69 Å². The number of carbonyl (C=O) groups is 1. The number of anilines is 1. The average Bonchev–Trinajstić information content (AvgIpc) is 2.75. The van der Waals surface area contributed by atoms with E-state index >= 15 is 0 Å². The van der Waals surface area contributed by atoms with Gasteiger partial charge in [-0.05, 0) is 55.0 Å². The van der Waals surface area contributed by atoms with Gasteiger partial charge in [0, 0.05) is 5.02 Å². The number of thiocarbonyl (C=S) groups is 1. The molecule has 0 spiro atoms. The summed E-state index contributed by atoms with van der Waals surface area (Å²) in [5.41, 5.74) is 3.16. The smallest absolute Gasteiger partial charge is 0.281 e. The lowest BCUT2D eigenvalue weighted by Crippen LogP contribution is -2.30. The Labute approximate surface area is 139 Å². The molecule has 1 aliphatic heterocycles. The van der Waals surface area contributed by atoms with Crippen LogP contribution in [0.2, 0.25) is 5.02 Å². The Bertz CT molecular complexity index is 784. The molecular formula is C17H13ClN2OS. The van der Waals surface area contributed by atoms with E-state index < -0.39 is 0 Å². The predicted molar refractivity (Wildman–Crippen MR) is 93.8 cm³/mol.